The molecule has 0 atom stereocenters. The molecule has 8 nitrogen and oxygen atoms in total. The maximum absolute atomic E-state index is 13.0. The minimum Gasteiger partial charge on any atom is -0.456 e. The Bertz CT molecular complexity index is 1280. The number of carbonyl (C=O) groups excluding carboxylic acids is 5. The molecular weight excluding hydrogens is 456 g/mol. The first-order valence-corrected chi connectivity index (χ1v) is 11.5. The number of ether oxygens (including phenoxy) is 1. The van der Waals surface area contributed by atoms with Gasteiger partial charge < -0.3 is 15.4 Å². The molecule has 4 rings (SSSR count). The van der Waals surface area contributed by atoms with Gasteiger partial charge in [0.1, 0.15) is 0 Å². The highest BCUT2D eigenvalue weighted by atomic mass is 32.1. The van der Waals surface area contributed by atoms with E-state index in [1.165, 1.54) is 17.4 Å². The molecule has 0 saturated carbocycles. The number of fused-ring (bicyclic) bond motifs is 2. The van der Waals surface area contributed by atoms with Crippen LogP contribution in [0, 0.1) is 0 Å². The molecule has 1 aliphatic rings. The van der Waals surface area contributed by atoms with Gasteiger partial charge in [0.05, 0.1) is 11.3 Å². The molecule has 3 aromatic rings. The largest absolute Gasteiger partial charge is 0.456 e. The van der Waals surface area contributed by atoms with Gasteiger partial charge in [0.15, 0.2) is 18.2 Å². The van der Waals surface area contributed by atoms with Gasteiger partial charge in [-0.15, -0.1) is 0 Å². The van der Waals surface area contributed by atoms with E-state index in [1.54, 1.807) is 53.2 Å². The van der Waals surface area contributed by atoms with Crippen molar-refractivity contribution in [1.82, 2.24) is 5.32 Å². The lowest BCUT2D eigenvalue weighted by Crippen LogP contribution is -2.26. The summed E-state index contributed by atoms with van der Waals surface area (Å²) in [5.41, 5.74) is 1.68. The zero-order valence-corrected chi connectivity index (χ0v) is 18.8. The van der Waals surface area contributed by atoms with Crippen molar-refractivity contribution in [3.8, 4) is 0 Å². The molecule has 0 unspecified atom stereocenters. The topological polar surface area (TPSA) is 119 Å². The molecule has 0 bridgehead atoms. The van der Waals surface area contributed by atoms with Gasteiger partial charge in [0.2, 0.25) is 0 Å². The molecule has 0 spiro atoms. The van der Waals surface area contributed by atoms with Gasteiger partial charge >= 0.3 is 5.97 Å². The lowest BCUT2D eigenvalue weighted by Gasteiger charge is -2.20. The highest BCUT2D eigenvalue weighted by Crippen LogP contribution is 2.31. The number of hydrogen-bond acceptors (Lipinski definition) is 7. The smallest absolute Gasteiger partial charge is 0.306 e. The number of amides is 2. The first kappa shape index (κ1) is 23.1. The zero-order chi connectivity index (χ0) is 24.1. The van der Waals surface area contributed by atoms with Gasteiger partial charge in [-0.1, -0.05) is 36.4 Å². The second kappa shape index (κ2) is 10.2. The summed E-state index contributed by atoms with van der Waals surface area (Å²) >= 11 is 1.42. The number of ketones is 2. The third-order valence-electron chi connectivity index (χ3n) is 5.22. The van der Waals surface area contributed by atoms with Gasteiger partial charge in [-0.05, 0) is 23.9 Å². The summed E-state index contributed by atoms with van der Waals surface area (Å²) in [5, 5.41) is 8.79. The van der Waals surface area contributed by atoms with E-state index in [0.29, 0.717) is 24.1 Å². The minimum absolute atomic E-state index is 0.0295. The number of carbonyl (C=O) groups is 5. The van der Waals surface area contributed by atoms with Gasteiger partial charge in [0.25, 0.3) is 11.8 Å². The number of thiophene rings is 1. The third kappa shape index (κ3) is 4.94. The van der Waals surface area contributed by atoms with Crippen LogP contribution >= 0.6 is 11.3 Å². The van der Waals surface area contributed by atoms with Crippen molar-refractivity contribution in [1.29, 1.82) is 0 Å². The van der Waals surface area contributed by atoms with Crippen LogP contribution in [0.1, 0.15) is 55.0 Å². The number of rotatable bonds is 8. The summed E-state index contributed by atoms with van der Waals surface area (Å²) in [4.78, 5) is 61.9. The van der Waals surface area contributed by atoms with Crippen molar-refractivity contribution in [2.24, 2.45) is 0 Å². The Hall–Kier alpha value is -4.11. The fourth-order valence-electron chi connectivity index (χ4n) is 3.58. The van der Waals surface area contributed by atoms with E-state index in [4.69, 9.17) is 4.74 Å². The van der Waals surface area contributed by atoms with E-state index in [1.807, 2.05) is 0 Å². The molecule has 0 radical (unpaired) electrons. The summed E-state index contributed by atoms with van der Waals surface area (Å²) in [6.07, 6.45) is 0.389. The summed E-state index contributed by atoms with van der Waals surface area (Å²) in [6.45, 7) is -0.244. The monoisotopic (exact) mass is 476 g/mol. The molecule has 0 aliphatic heterocycles. The highest BCUT2D eigenvalue weighted by molar-refractivity contribution is 7.08. The van der Waals surface area contributed by atoms with E-state index in [0.717, 1.165) is 0 Å². The summed E-state index contributed by atoms with van der Waals surface area (Å²) in [6, 6.07) is 12.9. The Morgan fingerprint density at radius 3 is 2.35 bits per heavy atom. The molecule has 9 heteroatoms. The molecule has 0 saturated heterocycles. The second-order valence-corrected chi connectivity index (χ2v) is 8.29. The van der Waals surface area contributed by atoms with E-state index in [2.05, 4.69) is 10.6 Å². The van der Waals surface area contributed by atoms with Crippen LogP contribution in [0.3, 0.4) is 0 Å². The SMILES string of the molecule is O=C(COC(=O)CCCNC(=O)c1ccsc1)Nc1cccc2c1C(=O)c1ccccc1C2=O. The maximum atomic E-state index is 13.0. The maximum Gasteiger partial charge on any atom is 0.306 e. The normalized spacial score (nSPS) is 11.9. The van der Waals surface area contributed by atoms with Crippen molar-refractivity contribution < 1.29 is 28.7 Å². The molecule has 1 aromatic heterocycles. The van der Waals surface area contributed by atoms with Crippen LogP contribution in [0.2, 0.25) is 0 Å². The molecule has 34 heavy (non-hydrogen) atoms. The quantitative estimate of drug-likeness (QED) is 0.298. The number of nitrogens with one attached hydrogen (secondary N) is 2. The van der Waals surface area contributed by atoms with Gasteiger partial charge in [-0.2, -0.15) is 11.3 Å². The summed E-state index contributed by atoms with van der Waals surface area (Å²) in [5.74, 6) is -2.08. The van der Waals surface area contributed by atoms with E-state index >= 15 is 0 Å². The van der Waals surface area contributed by atoms with Gasteiger partial charge in [-0.25, -0.2) is 0 Å². The summed E-state index contributed by atoms with van der Waals surface area (Å²) in [7, 11) is 0. The first-order chi connectivity index (χ1) is 16.5. The Balaban J connectivity index is 1.28. The number of esters is 1. The Kier molecular flexibility index (Phi) is 6.93. The predicted molar refractivity (Wildman–Crippen MR) is 125 cm³/mol. The highest BCUT2D eigenvalue weighted by Gasteiger charge is 2.31. The standard InChI is InChI=1S/C25H20N2O6S/c28-20(13-33-21(29)9-4-11-26-25(32)15-10-12-34-14-15)27-19-8-3-7-18-22(19)24(31)17-6-2-1-5-16(17)23(18)30/h1-3,5-8,10,12,14H,4,9,11,13H2,(H,26,32)(H,27,28). The Labute approximate surface area is 198 Å². The van der Waals surface area contributed by atoms with Crippen LogP contribution in [-0.2, 0) is 14.3 Å². The van der Waals surface area contributed by atoms with Crippen LogP contribution < -0.4 is 10.6 Å². The summed E-state index contributed by atoms with van der Waals surface area (Å²) < 4.78 is 4.99. The minimum atomic E-state index is -0.633. The molecular formula is C25H20N2O6S. The Morgan fingerprint density at radius 1 is 0.882 bits per heavy atom. The molecule has 2 amide bonds. The van der Waals surface area contributed by atoms with Crippen molar-refractivity contribution in [2.45, 2.75) is 12.8 Å². The lowest BCUT2D eigenvalue weighted by atomic mass is 9.83. The van der Waals surface area contributed by atoms with Crippen LogP contribution in [-0.4, -0.2) is 42.5 Å². The number of hydrogen-bond donors (Lipinski definition) is 2. The van der Waals surface area contributed by atoms with Gasteiger partial charge in [0, 0.05) is 40.6 Å². The average molecular weight is 477 g/mol. The molecule has 1 aliphatic carbocycles. The van der Waals surface area contributed by atoms with Crippen LogP contribution in [0.25, 0.3) is 0 Å². The average Bonchev–Trinajstić information content (AvgIpc) is 3.39. The first-order valence-electron chi connectivity index (χ1n) is 10.5. The van der Waals surface area contributed by atoms with E-state index in [9.17, 15) is 24.0 Å². The van der Waals surface area contributed by atoms with Crippen molar-refractivity contribution in [3.05, 3.63) is 87.1 Å². The Morgan fingerprint density at radius 2 is 1.62 bits per heavy atom. The molecule has 172 valence electrons. The molecule has 2 aromatic carbocycles. The lowest BCUT2D eigenvalue weighted by molar-refractivity contribution is -0.147. The van der Waals surface area contributed by atoms with E-state index < -0.39 is 18.5 Å². The van der Waals surface area contributed by atoms with Crippen molar-refractivity contribution in [3.63, 3.8) is 0 Å². The van der Waals surface area contributed by atoms with Gasteiger partial charge in [-0.3, -0.25) is 24.0 Å². The predicted octanol–water partition coefficient (Wildman–Crippen LogP) is 3.22. The fourth-order valence-corrected chi connectivity index (χ4v) is 4.22. The van der Waals surface area contributed by atoms with E-state index in [-0.39, 0.29) is 46.3 Å². The van der Waals surface area contributed by atoms with Crippen LogP contribution in [0.15, 0.2) is 59.3 Å². The molecule has 0 fully saturated rings. The van der Waals surface area contributed by atoms with Crippen LogP contribution in [0.5, 0.6) is 0 Å². The number of anilines is 1. The second-order valence-electron chi connectivity index (χ2n) is 7.51. The third-order valence-corrected chi connectivity index (χ3v) is 5.90. The van der Waals surface area contributed by atoms with Crippen molar-refractivity contribution >= 4 is 46.4 Å². The molecule has 2 N–H and O–H groups in total. The number of benzene rings is 2. The van der Waals surface area contributed by atoms with Crippen molar-refractivity contribution in [2.75, 3.05) is 18.5 Å². The zero-order valence-electron chi connectivity index (χ0n) is 18.0. The molecule has 1 heterocycles. The fraction of sp³-hybridized carbons (Fsp3) is 0.160. The van der Waals surface area contributed by atoms with Crippen LogP contribution in [0.4, 0.5) is 5.69 Å².